The highest BCUT2D eigenvalue weighted by molar-refractivity contribution is 6.30. The highest BCUT2D eigenvalue weighted by Crippen LogP contribution is 2.16. The number of rotatable bonds is 5. The lowest BCUT2D eigenvalue weighted by atomic mass is 10.1. The van der Waals surface area contributed by atoms with Crippen LogP contribution in [0.4, 0.5) is 16.2 Å². The van der Waals surface area contributed by atoms with Gasteiger partial charge in [-0.25, -0.2) is 10.2 Å². The summed E-state index contributed by atoms with van der Waals surface area (Å²) in [6.45, 7) is 3.87. The summed E-state index contributed by atoms with van der Waals surface area (Å²) in [7, 11) is 0. The van der Waals surface area contributed by atoms with Crippen LogP contribution in [-0.4, -0.2) is 17.8 Å². The minimum atomic E-state index is -0.606. The van der Waals surface area contributed by atoms with E-state index < -0.39 is 11.9 Å². The topological polar surface area (TPSA) is 99.3 Å². The van der Waals surface area contributed by atoms with Gasteiger partial charge < -0.3 is 10.6 Å². The van der Waals surface area contributed by atoms with Gasteiger partial charge in [0, 0.05) is 29.2 Å². The molecule has 0 aliphatic carbocycles. The van der Waals surface area contributed by atoms with Crippen molar-refractivity contribution in [1.82, 2.24) is 10.9 Å². The number of halogens is 1. The van der Waals surface area contributed by atoms with Crippen LogP contribution in [0.1, 0.15) is 24.0 Å². The van der Waals surface area contributed by atoms with Gasteiger partial charge in [-0.05, 0) is 49.7 Å². The fraction of sp³-hybridized carbons (Fsp3) is 0.211. The molecular weight excluding hydrogens is 368 g/mol. The molecule has 0 aliphatic heterocycles. The van der Waals surface area contributed by atoms with E-state index in [4.69, 9.17) is 11.6 Å². The monoisotopic (exact) mass is 388 g/mol. The van der Waals surface area contributed by atoms with E-state index in [2.05, 4.69) is 21.5 Å². The molecule has 0 spiro atoms. The molecule has 0 unspecified atom stereocenters. The molecule has 0 atom stereocenters. The first-order chi connectivity index (χ1) is 12.8. The first-order valence-electron chi connectivity index (χ1n) is 8.32. The van der Waals surface area contributed by atoms with Crippen molar-refractivity contribution in [2.75, 3.05) is 10.6 Å². The van der Waals surface area contributed by atoms with E-state index in [1.807, 2.05) is 32.0 Å². The molecule has 2 aromatic carbocycles. The van der Waals surface area contributed by atoms with Gasteiger partial charge in [-0.1, -0.05) is 29.3 Å². The van der Waals surface area contributed by atoms with Gasteiger partial charge in [0.1, 0.15) is 0 Å². The summed E-state index contributed by atoms with van der Waals surface area (Å²) in [6.07, 6.45) is -0.0579. The average molecular weight is 389 g/mol. The summed E-state index contributed by atoms with van der Waals surface area (Å²) >= 11 is 5.76. The molecule has 0 saturated carbocycles. The standard InChI is InChI=1S/C19H21ClN4O3/c1-12-3-8-16(13(2)11-12)22-17(25)9-10-18(26)23-24-19(27)21-15-6-4-14(20)5-7-15/h3-8,11H,9-10H2,1-2H3,(H,22,25)(H,23,26)(H2,21,24,27). The Bertz CT molecular complexity index is 837. The molecule has 0 radical (unpaired) electrons. The molecule has 142 valence electrons. The molecule has 2 rings (SSSR count). The van der Waals surface area contributed by atoms with Crippen LogP contribution >= 0.6 is 11.6 Å². The normalized spacial score (nSPS) is 10.0. The molecule has 0 heterocycles. The molecule has 0 aromatic heterocycles. The van der Waals surface area contributed by atoms with Crippen molar-refractivity contribution in [2.24, 2.45) is 0 Å². The van der Waals surface area contributed by atoms with E-state index in [0.717, 1.165) is 11.1 Å². The first kappa shape index (κ1) is 20.3. The van der Waals surface area contributed by atoms with Gasteiger partial charge in [-0.15, -0.1) is 0 Å². The Morgan fingerprint density at radius 3 is 2.19 bits per heavy atom. The van der Waals surface area contributed by atoms with Crippen LogP contribution in [0.3, 0.4) is 0 Å². The molecular formula is C19H21ClN4O3. The van der Waals surface area contributed by atoms with Gasteiger partial charge in [-0.2, -0.15) is 0 Å². The summed E-state index contributed by atoms with van der Waals surface area (Å²) in [5, 5.41) is 5.84. The number of urea groups is 1. The Morgan fingerprint density at radius 2 is 1.52 bits per heavy atom. The third-order valence-corrected chi connectivity index (χ3v) is 3.90. The van der Waals surface area contributed by atoms with E-state index in [9.17, 15) is 14.4 Å². The predicted octanol–water partition coefficient (Wildman–Crippen LogP) is 3.53. The van der Waals surface area contributed by atoms with Gasteiger partial charge in [-0.3, -0.25) is 15.0 Å². The molecule has 0 saturated heterocycles. The minimum absolute atomic E-state index is 0.000364. The molecule has 0 aliphatic rings. The molecule has 8 heteroatoms. The summed E-state index contributed by atoms with van der Waals surface area (Å²) in [5.41, 5.74) is 7.76. The number of hydrogen-bond donors (Lipinski definition) is 4. The average Bonchev–Trinajstić information content (AvgIpc) is 2.62. The summed E-state index contributed by atoms with van der Waals surface area (Å²) in [4.78, 5) is 35.4. The van der Waals surface area contributed by atoms with Crippen molar-refractivity contribution in [3.63, 3.8) is 0 Å². The quantitative estimate of drug-likeness (QED) is 0.589. The van der Waals surface area contributed by atoms with E-state index in [1.54, 1.807) is 24.3 Å². The first-order valence-corrected chi connectivity index (χ1v) is 8.70. The fourth-order valence-electron chi connectivity index (χ4n) is 2.28. The Hall–Kier alpha value is -3.06. The highest BCUT2D eigenvalue weighted by atomic mass is 35.5. The lowest BCUT2D eigenvalue weighted by molar-refractivity contribution is -0.124. The number of benzene rings is 2. The SMILES string of the molecule is Cc1ccc(NC(=O)CCC(=O)NNC(=O)Nc2ccc(Cl)cc2)c(C)c1. The maximum Gasteiger partial charge on any atom is 0.337 e. The van der Waals surface area contributed by atoms with Gasteiger partial charge in [0.15, 0.2) is 0 Å². The number of amides is 4. The summed E-state index contributed by atoms with van der Waals surface area (Å²) in [6, 6.07) is 11.6. The van der Waals surface area contributed by atoms with Gasteiger partial charge in [0.2, 0.25) is 11.8 Å². The zero-order valence-electron chi connectivity index (χ0n) is 15.1. The van der Waals surface area contributed by atoms with Crippen molar-refractivity contribution in [1.29, 1.82) is 0 Å². The number of carbonyl (C=O) groups is 3. The number of anilines is 2. The second-order valence-corrected chi connectivity index (χ2v) is 6.44. The van der Waals surface area contributed by atoms with Crippen molar-refractivity contribution < 1.29 is 14.4 Å². The van der Waals surface area contributed by atoms with E-state index in [-0.39, 0.29) is 18.7 Å². The van der Waals surface area contributed by atoms with E-state index >= 15 is 0 Å². The smallest absolute Gasteiger partial charge is 0.326 e. The van der Waals surface area contributed by atoms with Crippen LogP contribution < -0.4 is 21.5 Å². The minimum Gasteiger partial charge on any atom is -0.326 e. The lowest BCUT2D eigenvalue weighted by Gasteiger charge is -2.10. The molecule has 4 amide bonds. The predicted molar refractivity (Wildman–Crippen MR) is 106 cm³/mol. The van der Waals surface area contributed by atoms with E-state index in [1.165, 1.54) is 0 Å². The summed E-state index contributed by atoms with van der Waals surface area (Å²) in [5.74, 6) is -0.750. The highest BCUT2D eigenvalue weighted by Gasteiger charge is 2.10. The van der Waals surface area contributed by atoms with E-state index in [0.29, 0.717) is 16.4 Å². The lowest BCUT2D eigenvalue weighted by Crippen LogP contribution is -2.44. The molecule has 27 heavy (non-hydrogen) atoms. The number of hydrogen-bond acceptors (Lipinski definition) is 3. The number of nitrogens with one attached hydrogen (secondary N) is 4. The Labute approximate surface area is 162 Å². The van der Waals surface area contributed by atoms with Crippen molar-refractivity contribution in [2.45, 2.75) is 26.7 Å². The maximum absolute atomic E-state index is 12.0. The molecule has 4 N–H and O–H groups in total. The number of hydrazine groups is 1. The third-order valence-electron chi connectivity index (χ3n) is 3.65. The second kappa shape index (κ2) is 9.59. The van der Waals surface area contributed by atoms with Crippen LogP contribution in [0.2, 0.25) is 5.02 Å². The zero-order valence-corrected chi connectivity index (χ0v) is 15.8. The van der Waals surface area contributed by atoms with Crippen LogP contribution in [0.25, 0.3) is 0 Å². The third kappa shape index (κ3) is 6.99. The van der Waals surface area contributed by atoms with Crippen LogP contribution in [-0.2, 0) is 9.59 Å². The Balaban J connectivity index is 1.69. The zero-order chi connectivity index (χ0) is 19.8. The molecule has 0 fully saturated rings. The number of aryl methyl sites for hydroxylation is 2. The Kier molecular flexibility index (Phi) is 7.19. The van der Waals surface area contributed by atoms with Gasteiger partial charge >= 0.3 is 6.03 Å². The van der Waals surface area contributed by atoms with Crippen LogP contribution in [0.15, 0.2) is 42.5 Å². The van der Waals surface area contributed by atoms with Crippen molar-refractivity contribution >= 4 is 40.8 Å². The maximum atomic E-state index is 12.0. The molecule has 0 bridgehead atoms. The second-order valence-electron chi connectivity index (χ2n) is 6.00. The number of carbonyl (C=O) groups excluding carboxylic acids is 3. The van der Waals surface area contributed by atoms with Gasteiger partial charge in [0.05, 0.1) is 0 Å². The fourth-order valence-corrected chi connectivity index (χ4v) is 2.40. The summed E-state index contributed by atoms with van der Waals surface area (Å²) < 4.78 is 0. The largest absolute Gasteiger partial charge is 0.337 e. The molecule has 2 aromatic rings. The van der Waals surface area contributed by atoms with Crippen molar-refractivity contribution in [3.05, 3.63) is 58.6 Å². The van der Waals surface area contributed by atoms with Crippen molar-refractivity contribution in [3.8, 4) is 0 Å². The van der Waals surface area contributed by atoms with Crippen LogP contribution in [0, 0.1) is 13.8 Å². The van der Waals surface area contributed by atoms with Gasteiger partial charge in [0.25, 0.3) is 0 Å². The molecule has 7 nitrogen and oxygen atoms in total. The van der Waals surface area contributed by atoms with Crippen LogP contribution in [0.5, 0.6) is 0 Å². The Morgan fingerprint density at radius 1 is 0.852 bits per heavy atom.